The number of hydrogen-bond acceptors (Lipinski definition) is 10. The minimum atomic E-state index is -4.44. The molecule has 0 saturated heterocycles. The van der Waals surface area contributed by atoms with E-state index in [4.69, 9.17) is 24.3 Å². The smallest absolute Gasteiger partial charge is 0.462 e. The van der Waals surface area contributed by atoms with Gasteiger partial charge in [-0.25, -0.2) is 4.57 Å². The fourth-order valence-corrected chi connectivity index (χ4v) is 5.87. The molecule has 0 heterocycles. The monoisotopic (exact) mass is 769 g/mol. The summed E-state index contributed by atoms with van der Waals surface area (Å²) in [6.07, 6.45) is 34.6. The van der Waals surface area contributed by atoms with Gasteiger partial charge in [-0.3, -0.25) is 18.6 Å². The van der Waals surface area contributed by atoms with Gasteiger partial charge in [0.05, 0.1) is 25.4 Å². The zero-order valence-corrected chi connectivity index (χ0v) is 33.6. The van der Waals surface area contributed by atoms with Crippen LogP contribution in [-0.4, -0.2) is 71.7 Å². The Hall–Kier alpha value is -2.37. The Morgan fingerprint density at radius 3 is 1.85 bits per heavy atom. The van der Waals surface area contributed by atoms with E-state index < -0.39 is 44.7 Å². The van der Waals surface area contributed by atoms with E-state index >= 15 is 0 Å². The molecule has 0 bridgehead atoms. The number of carbonyl (C=O) groups excluding carboxylic acids is 2. The molecule has 0 aromatic carbocycles. The molecule has 0 fully saturated rings. The van der Waals surface area contributed by atoms with Gasteiger partial charge >= 0.3 is 19.8 Å². The first-order valence-corrected chi connectivity index (χ1v) is 21.5. The Labute approximate surface area is 320 Å². The van der Waals surface area contributed by atoms with Gasteiger partial charge in [-0.1, -0.05) is 152 Å². The lowest BCUT2D eigenvalue weighted by molar-refractivity contribution is -0.161. The number of hydrogen-bond donors (Lipinski definition) is 4. The summed E-state index contributed by atoms with van der Waals surface area (Å²) in [5, 5.41) is 20.2. The molecule has 0 radical (unpaired) electrons. The molecule has 0 aliphatic rings. The number of unbranched alkanes of at least 4 members (excludes halogenated alkanes) is 12. The normalized spacial score (nSPS) is 15.2. The summed E-state index contributed by atoms with van der Waals surface area (Å²) in [6.45, 7) is 3.27. The summed E-state index contributed by atoms with van der Waals surface area (Å²) in [4.78, 5) is 34.8. The average Bonchev–Trinajstić information content (AvgIpc) is 3.13. The van der Waals surface area contributed by atoms with Crippen LogP contribution in [0.4, 0.5) is 0 Å². The third kappa shape index (κ3) is 36.4. The summed E-state index contributed by atoms with van der Waals surface area (Å²) in [5.41, 5.74) is 5.32. The molecule has 11 nitrogen and oxygen atoms in total. The van der Waals surface area contributed by atoms with Gasteiger partial charge in [0, 0.05) is 19.4 Å². The lowest BCUT2D eigenvalue weighted by Gasteiger charge is -2.20. The van der Waals surface area contributed by atoms with Crippen LogP contribution in [0.5, 0.6) is 0 Å². The van der Waals surface area contributed by atoms with E-state index in [1.54, 1.807) is 36.5 Å². The maximum Gasteiger partial charge on any atom is 0.472 e. The number of phosphoric acid groups is 1. The van der Waals surface area contributed by atoms with E-state index in [1.807, 2.05) is 12.2 Å². The zero-order chi connectivity index (χ0) is 39.3. The van der Waals surface area contributed by atoms with Crippen molar-refractivity contribution < 1.29 is 47.8 Å². The Kier molecular flexibility index (Phi) is 35.0. The molecule has 0 aliphatic carbocycles. The minimum Gasteiger partial charge on any atom is -0.462 e. The molecule has 0 aromatic rings. The molecule has 0 saturated carbocycles. The largest absolute Gasteiger partial charge is 0.472 e. The van der Waals surface area contributed by atoms with Crippen molar-refractivity contribution in [1.82, 2.24) is 0 Å². The van der Waals surface area contributed by atoms with Crippen LogP contribution in [0.15, 0.2) is 60.8 Å². The van der Waals surface area contributed by atoms with Crippen molar-refractivity contribution in [2.45, 2.75) is 161 Å². The van der Waals surface area contributed by atoms with Gasteiger partial charge in [0.1, 0.15) is 6.61 Å². The van der Waals surface area contributed by atoms with Gasteiger partial charge in [-0.05, 0) is 38.5 Å². The first-order chi connectivity index (χ1) is 25.6. The van der Waals surface area contributed by atoms with Gasteiger partial charge in [-0.15, -0.1) is 0 Å². The number of carbonyl (C=O) groups is 2. The summed E-state index contributed by atoms with van der Waals surface area (Å²) in [5.74, 6) is -1.08. The Bertz CT molecular complexity index is 1090. The first kappa shape index (κ1) is 50.6. The fraction of sp³-hybridized carbons (Fsp3) is 0.707. The molecule has 0 aromatic heterocycles. The van der Waals surface area contributed by atoms with Gasteiger partial charge in [0.2, 0.25) is 0 Å². The molecule has 4 unspecified atom stereocenters. The number of rotatable bonds is 36. The van der Waals surface area contributed by atoms with Crippen molar-refractivity contribution in [2.75, 3.05) is 26.4 Å². The van der Waals surface area contributed by atoms with Gasteiger partial charge in [-0.2, -0.15) is 0 Å². The molecule has 0 aliphatic heterocycles. The third-order valence-electron chi connectivity index (χ3n) is 8.11. The van der Waals surface area contributed by atoms with E-state index in [0.29, 0.717) is 25.7 Å². The fourth-order valence-electron chi connectivity index (χ4n) is 5.11. The Morgan fingerprint density at radius 2 is 1.25 bits per heavy atom. The van der Waals surface area contributed by atoms with Crippen molar-refractivity contribution in [3.63, 3.8) is 0 Å². The molecule has 53 heavy (non-hydrogen) atoms. The third-order valence-corrected chi connectivity index (χ3v) is 9.09. The van der Waals surface area contributed by atoms with Crippen molar-refractivity contribution >= 4 is 19.8 Å². The van der Waals surface area contributed by atoms with Gasteiger partial charge in [0.15, 0.2) is 6.10 Å². The van der Waals surface area contributed by atoms with Crippen molar-refractivity contribution in [1.29, 1.82) is 0 Å². The molecule has 306 valence electrons. The molecular formula is C41H72NO10P. The second-order valence-electron chi connectivity index (χ2n) is 13.2. The predicted octanol–water partition coefficient (Wildman–Crippen LogP) is 8.88. The molecule has 4 atom stereocenters. The molecule has 0 spiro atoms. The number of aliphatic hydroxyl groups excluding tert-OH is 2. The van der Waals surface area contributed by atoms with Crippen molar-refractivity contribution in [2.24, 2.45) is 5.73 Å². The van der Waals surface area contributed by atoms with Crippen LogP contribution in [0.1, 0.15) is 142 Å². The molecular weight excluding hydrogens is 697 g/mol. The Morgan fingerprint density at radius 1 is 0.679 bits per heavy atom. The van der Waals surface area contributed by atoms with E-state index in [0.717, 1.165) is 32.1 Å². The maximum atomic E-state index is 12.6. The van der Waals surface area contributed by atoms with Crippen LogP contribution in [0.3, 0.4) is 0 Å². The van der Waals surface area contributed by atoms with Crippen molar-refractivity contribution in [3.05, 3.63) is 60.8 Å². The van der Waals surface area contributed by atoms with Crippen LogP contribution in [0, 0.1) is 0 Å². The predicted molar refractivity (Wildman–Crippen MR) is 213 cm³/mol. The maximum absolute atomic E-state index is 12.6. The van der Waals surface area contributed by atoms with Crippen LogP contribution in [0.25, 0.3) is 0 Å². The van der Waals surface area contributed by atoms with Gasteiger partial charge < -0.3 is 30.3 Å². The Balaban J connectivity index is 4.50. The molecule has 5 N–H and O–H groups in total. The van der Waals surface area contributed by atoms with Crippen LogP contribution in [0.2, 0.25) is 0 Å². The minimum absolute atomic E-state index is 0.0114. The second kappa shape index (κ2) is 36.6. The number of phosphoric ester groups is 1. The summed E-state index contributed by atoms with van der Waals surface area (Å²) in [7, 11) is -4.44. The van der Waals surface area contributed by atoms with Gasteiger partial charge in [0.25, 0.3) is 0 Å². The highest BCUT2D eigenvalue weighted by atomic mass is 31.2. The topological polar surface area (TPSA) is 175 Å². The standard InChI is InChI=1S/C41H72NO10P/c1-3-5-7-9-11-12-13-14-15-16-17-19-25-31-40(45)49-35-39(36-51-53(47,48)50-34-33-42)52-41(46)32-26-30-38(44)29-24-21-20-23-28-37(43)27-22-18-10-8-6-4-2/h6,8,18,20-24,28-29,37-39,43-44H,3-5,7,9-17,19,25-27,30-36,42H2,1-2H3,(H,47,48)/b8-6-,21-20-,22-18-,28-23+,29-24+. The van der Waals surface area contributed by atoms with Crippen molar-refractivity contribution in [3.8, 4) is 0 Å². The van der Waals surface area contributed by atoms with E-state index in [1.165, 1.54) is 57.8 Å². The summed E-state index contributed by atoms with van der Waals surface area (Å²) < 4.78 is 32.5. The van der Waals surface area contributed by atoms with Crippen LogP contribution in [-0.2, 0) is 32.7 Å². The lowest BCUT2D eigenvalue weighted by Crippen LogP contribution is -2.29. The number of esters is 2. The SMILES string of the molecule is CC/C=C\C/C=C\CC(O)/C=C/C=C\C=C\C(O)CCCC(=O)OC(COC(=O)CCCCCCCCCCCCCCC)COP(=O)(O)OCCN. The second-order valence-corrected chi connectivity index (χ2v) is 14.6. The molecule has 0 amide bonds. The summed E-state index contributed by atoms with van der Waals surface area (Å²) in [6, 6.07) is 0. The van der Waals surface area contributed by atoms with E-state index in [9.17, 15) is 29.3 Å². The molecule has 12 heteroatoms. The zero-order valence-electron chi connectivity index (χ0n) is 32.7. The first-order valence-electron chi connectivity index (χ1n) is 20.0. The van der Waals surface area contributed by atoms with Crippen LogP contribution >= 0.6 is 7.82 Å². The highest BCUT2D eigenvalue weighted by Gasteiger charge is 2.26. The highest BCUT2D eigenvalue weighted by Crippen LogP contribution is 2.43. The quantitative estimate of drug-likeness (QED) is 0.0158. The number of allylic oxidation sites excluding steroid dienone is 7. The van der Waals surface area contributed by atoms with E-state index in [-0.39, 0.29) is 32.6 Å². The summed E-state index contributed by atoms with van der Waals surface area (Å²) >= 11 is 0. The molecule has 0 rings (SSSR count). The number of ether oxygens (including phenoxy) is 2. The number of nitrogens with two attached hydrogens (primary N) is 1. The van der Waals surface area contributed by atoms with Crippen LogP contribution < -0.4 is 5.73 Å². The average molecular weight is 770 g/mol. The highest BCUT2D eigenvalue weighted by molar-refractivity contribution is 7.47. The lowest BCUT2D eigenvalue weighted by atomic mass is 10.0. The number of aliphatic hydroxyl groups is 2. The van der Waals surface area contributed by atoms with E-state index in [2.05, 4.69) is 26.0 Å².